The fraction of sp³-hybridized carbons (Fsp3) is 0.884. The van der Waals surface area contributed by atoms with Gasteiger partial charge in [0.05, 0.1) is 26.4 Å². The van der Waals surface area contributed by atoms with Gasteiger partial charge in [-0.2, -0.15) is 0 Å². The molecular formula is C43H83O9P. The summed E-state index contributed by atoms with van der Waals surface area (Å²) in [5.74, 6) is -0.386. The van der Waals surface area contributed by atoms with Crippen LogP contribution in [0.15, 0.2) is 24.3 Å². The molecule has 0 bridgehead atoms. The van der Waals surface area contributed by atoms with Crippen molar-refractivity contribution >= 4 is 13.8 Å². The number of phosphoric acid groups is 1. The highest BCUT2D eigenvalue weighted by atomic mass is 31.2. The van der Waals surface area contributed by atoms with Crippen LogP contribution in [0.5, 0.6) is 0 Å². The van der Waals surface area contributed by atoms with Crippen LogP contribution in [0.25, 0.3) is 0 Å². The highest BCUT2D eigenvalue weighted by Gasteiger charge is 2.26. The Balaban J connectivity index is 3.96. The molecule has 0 aromatic rings. The third-order valence-electron chi connectivity index (χ3n) is 9.39. The lowest BCUT2D eigenvalue weighted by atomic mass is 10.0. The molecule has 0 radical (unpaired) electrons. The SMILES string of the molecule is CCCCCCC/C=C\C/C=C\CCCCCCCCCCCCCCOCC(COP(=O)(O)OCC(O)CO)OC(=O)CCCCCCCCCC. The van der Waals surface area contributed by atoms with Gasteiger partial charge in [-0.1, -0.05) is 173 Å². The predicted molar refractivity (Wildman–Crippen MR) is 219 cm³/mol. The third kappa shape index (κ3) is 40.4. The Morgan fingerprint density at radius 3 is 1.51 bits per heavy atom. The summed E-state index contributed by atoms with van der Waals surface area (Å²) in [6, 6.07) is 0. The van der Waals surface area contributed by atoms with Gasteiger partial charge in [0, 0.05) is 13.0 Å². The van der Waals surface area contributed by atoms with E-state index in [1.54, 1.807) is 0 Å². The van der Waals surface area contributed by atoms with Gasteiger partial charge in [-0.05, 0) is 44.9 Å². The van der Waals surface area contributed by atoms with Gasteiger partial charge in [-0.25, -0.2) is 4.57 Å². The second-order valence-electron chi connectivity index (χ2n) is 14.7. The molecule has 314 valence electrons. The van der Waals surface area contributed by atoms with Gasteiger partial charge in [-0.15, -0.1) is 0 Å². The molecule has 0 aliphatic heterocycles. The van der Waals surface area contributed by atoms with Crippen molar-refractivity contribution in [2.45, 2.75) is 212 Å². The second-order valence-corrected chi connectivity index (χ2v) is 16.2. The lowest BCUT2D eigenvalue weighted by Gasteiger charge is -2.20. The molecule has 0 aliphatic carbocycles. The van der Waals surface area contributed by atoms with Crippen molar-refractivity contribution in [3.05, 3.63) is 24.3 Å². The molecule has 53 heavy (non-hydrogen) atoms. The normalized spacial score (nSPS) is 14.3. The van der Waals surface area contributed by atoms with E-state index < -0.39 is 33.2 Å². The van der Waals surface area contributed by atoms with E-state index in [1.165, 1.54) is 135 Å². The molecule has 0 aromatic carbocycles. The van der Waals surface area contributed by atoms with Gasteiger partial charge in [0.15, 0.2) is 0 Å². The van der Waals surface area contributed by atoms with E-state index in [0.29, 0.717) is 6.61 Å². The number of phosphoric ester groups is 1. The van der Waals surface area contributed by atoms with Gasteiger partial charge in [-0.3, -0.25) is 13.8 Å². The van der Waals surface area contributed by atoms with Crippen LogP contribution in [0.2, 0.25) is 0 Å². The van der Waals surface area contributed by atoms with Crippen molar-refractivity contribution in [3.63, 3.8) is 0 Å². The summed E-state index contributed by atoms with van der Waals surface area (Å²) in [5, 5.41) is 18.3. The lowest BCUT2D eigenvalue weighted by Crippen LogP contribution is -2.29. The predicted octanol–water partition coefficient (Wildman–Crippen LogP) is 11.9. The minimum Gasteiger partial charge on any atom is -0.457 e. The smallest absolute Gasteiger partial charge is 0.457 e. The Hall–Kier alpha value is -1.06. The summed E-state index contributed by atoms with van der Waals surface area (Å²) in [7, 11) is -4.51. The zero-order chi connectivity index (χ0) is 38.9. The first-order valence-corrected chi connectivity index (χ1v) is 23.3. The van der Waals surface area contributed by atoms with Crippen LogP contribution in [-0.2, 0) is 27.9 Å². The molecule has 3 N–H and O–H groups in total. The quantitative estimate of drug-likeness (QED) is 0.0240. The first-order valence-electron chi connectivity index (χ1n) is 21.8. The van der Waals surface area contributed by atoms with E-state index in [2.05, 4.69) is 38.2 Å². The van der Waals surface area contributed by atoms with Crippen molar-refractivity contribution in [3.8, 4) is 0 Å². The number of carbonyl (C=O) groups excluding carboxylic acids is 1. The molecule has 0 aromatic heterocycles. The summed E-state index contributed by atoms with van der Waals surface area (Å²) < 4.78 is 33.2. The molecule has 0 saturated carbocycles. The Bertz CT molecular complexity index is 882. The number of aliphatic hydroxyl groups is 2. The van der Waals surface area contributed by atoms with Crippen molar-refractivity contribution in [1.29, 1.82) is 0 Å². The fourth-order valence-corrected chi connectivity index (χ4v) is 6.82. The topological polar surface area (TPSA) is 132 Å². The third-order valence-corrected chi connectivity index (χ3v) is 10.3. The monoisotopic (exact) mass is 775 g/mol. The molecular weight excluding hydrogens is 691 g/mol. The maximum atomic E-state index is 12.5. The molecule has 3 atom stereocenters. The number of aliphatic hydroxyl groups excluding tert-OH is 2. The van der Waals surface area contributed by atoms with Gasteiger partial charge in [0.1, 0.15) is 12.2 Å². The van der Waals surface area contributed by atoms with Crippen molar-refractivity contribution < 1.29 is 43.0 Å². The van der Waals surface area contributed by atoms with E-state index in [-0.39, 0.29) is 25.6 Å². The van der Waals surface area contributed by atoms with Crippen LogP contribution in [0.3, 0.4) is 0 Å². The molecule has 0 spiro atoms. The van der Waals surface area contributed by atoms with E-state index in [4.69, 9.17) is 23.6 Å². The average molecular weight is 775 g/mol. The molecule has 3 unspecified atom stereocenters. The lowest BCUT2D eigenvalue weighted by molar-refractivity contribution is -0.154. The van der Waals surface area contributed by atoms with Gasteiger partial charge in [0.25, 0.3) is 0 Å². The van der Waals surface area contributed by atoms with Crippen LogP contribution in [0, 0.1) is 0 Å². The minimum atomic E-state index is -4.51. The maximum absolute atomic E-state index is 12.5. The number of esters is 1. The maximum Gasteiger partial charge on any atom is 0.472 e. The van der Waals surface area contributed by atoms with Gasteiger partial charge < -0.3 is 24.6 Å². The molecule has 0 heterocycles. The zero-order valence-electron chi connectivity index (χ0n) is 34.2. The zero-order valence-corrected chi connectivity index (χ0v) is 35.1. The van der Waals surface area contributed by atoms with Crippen LogP contribution in [-0.4, -0.2) is 66.3 Å². The number of ether oxygens (including phenoxy) is 2. The van der Waals surface area contributed by atoms with Gasteiger partial charge in [0.2, 0.25) is 0 Å². The fourth-order valence-electron chi connectivity index (χ4n) is 6.03. The Morgan fingerprint density at radius 2 is 1.02 bits per heavy atom. The van der Waals surface area contributed by atoms with Gasteiger partial charge >= 0.3 is 13.8 Å². The Morgan fingerprint density at radius 1 is 0.585 bits per heavy atom. The minimum absolute atomic E-state index is 0.0517. The van der Waals surface area contributed by atoms with Crippen molar-refractivity contribution in [2.24, 2.45) is 0 Å². The van der Waals surface area contributed by atoms with Crippen molar-refractivity contribution in [2.75, 3.05) is 33.0 Å². The highest BCUT2D eigenvalue weighted by molar-refractivity contribution is 7.47. The van der Waals surface area contributed by atoms with Crippen LogP contribution >= 0.6 is 7.82 Å². The van der Waals surface area contributed by atoms with Crippen LogP contribution < -0.4 is 0 Å². The number of hydrogen-bond acceptors (Lipinski definition) is 8. The summed E-state index contributed by atoms with van der Waals surface area (Å²) in [5.41, 5.74) is 0. The van der Waals surface area contributed by atoms with E-state index in [9.17, 15) is 19.4 Å². The standard InChI is InChI=1S/C43H83O9P/c1-3-5-7-9-11-13-14-15-16-17-18-19-20-21-22-23-24-25-26-27-28-30-32-34-36-49-39-42(40-51-53(47,48)50-38-41(45)37-44)52-43(46)35-33-31-29-12-10-8-6-4-2/h14-15,17-18,41-42,44-45H,3-13,16,19-40H2,1-2H3,(H,47,48)/b15-14-,18-17-. The number of carbonyl (C=O) groups is 1. The first-order chi connectivity index (χ1) is 25.8. The number of unbranched alkanes of at least 4 members (excludes halogenated alkanes) is 24. The van der Waals surface area contributed by atoms with Crippen LogP contribution in [0.4, 0.5) is 0 Å². The summed E-state index contributed by atoms with van der Waals surface area (Å²) in [4.78, 5) is 22.4. The molecule has 0 rings (SSSR count). The van der Waals surface area contributed by atoms with E-state index >= 15 is 0 Å². The molecule has 9 nitrogen and oxygen atoms in total. The molecule has 0 fully saturated rings. The Kier molecular flexibility index (Phi) is 39.8. The van der Waals surface area contributed by atoms with Crippen LogP contribution in [0.1, 0.15) is 200 Å². The molecule has 0 amide bonds. The number of rotatable bonds is 42. The Labute approximate surface area is 325 Å². The molecule has 0 saturated heterocycles. The summed E-state index contributed by atoms with van der Waals surface area (Å²) >= 11 is 0. The number of hydrogen-bond donors (Lipinski definition) is 3. The largest absolute Gasteiger partial charge is 0.472 e. The highest BCUT2D eigenvalue weighted by Crippen LogP contribution is 2.43. The second kappa shape index (κ2) is 40.6. The number of allylic oxidation sites excluding steroid dienone is 4. The average Bonchev–Trinajstić information content (AvgIpc) is 3.15. The van der Waals surface area contributed by atoms with Crippen molar-refractivity contribution in [1.82, 2.24) is 0 Å². The first kappa shape index (κ1) is 51.9. The van der Waals surface area contributed by atoms with E-state index in [0.717, 1.165) is 44.9 Å². The van der Waals surface area contributed by atoms with E-state index in [1.807, 2.05) is 0 Å². The molecule has 0 aliphatic rings. The summed E-state index contributed by atoms with van der Waals surface area (Å²) in [6.45, 7) is 3.49. The summed E-state index contributed by atoms with van der Waals surface area (Å²) in [6.07, 6.45) is 41.6. The molecule has 10 heteroatoms.